The lowest BCUT2D eigenvalue weighted by atomic mass is 10.0. The molecule has 0 aliphatic heterocycles. The molecule has 4 aromatic carbocycles. The van der Waals surface area contributed by atoms with Crippen LogP contribution in [-0.4, -0.2) is 50.9 Å². The number of methoxy groups -OCH3 is 1. The minimum absolute atomic E-state index is 0.0122. The summed E-state index contributed by atoms with van der Waals surface area (Å²) < 4.78 is 35.3. The quantitative estimate of drug-likeness (QED) is 0.151. The van der Waals surface area contributed by atoms with Crippen LogP contribution in [0.1, 0.15) is 42.4 Å². The van der Waals surface area contributed by atoms with Gasteiger partial charge in [0.1, 0.15) is 18.3 Å². The number of hydrogen-bond donors (Lipinski definition) is 1. The molecule has 0 bridgehead atoms. The lowest BCUT2D eigenvalue weighted by molar-refractivity contribution is -0.140. The predicted molar refractivity (Wildman–Crippen MR) is 195 cm³/mol. The van der Waals surface area contributed by atoms with E-state index < -0.39 is 28.5 Å². The number of sulfonamides is 1. The molecule has 8 nitrogen and oxygen atoms in total. The van der Waals surface area contributed by atoms with Gasteiger partial charge in [-0.25, -0.2) is 8.42 Å². The summed E-state index contributed by atoms with van der Waals surface area (Å²) in [4.78, 5) is 30.4. The summed E-state index contributed by atoms with van der Waals surface area (Å²) in [6.45, 7) is 1.15. The van der Waals surface area contributed by atoms with Crippen molar-refractivity contribution in [2.75, 3.05) is 18.0 Å². The molecule has 0 spiro atoms. The number of nitrogens with zero attached hydrogens (tertiary/aromatic N) is 2. The molecule has 1 saturated carbocycles. The standard InChI is InChI=1S/C37H38Cl3N3O5S/c1-25-12-16-30(17-13-25)49(46,47)43(33-22-28(38)15-19-35(33)48-2)24-36(44)42(23-27-14-18-31(39)32(40)20-27)34(21-26-8-4-3-5-9-26)37(45)41-29-10-6-7-11-29/h3-5,8-9,12-20,22,29,34H,6-7,10-11,21,23-24H2,1-2H3,(H,41,45). The van der Waals surface area contributed by atoms with Gasteiger partial charge in [0, 0.05) is 24.0 Å². The number of benzene rings is 4. The van der Waals surface area contributed by atoms with Crippen molar-refractivity contribution in [2.24, 2.45) is 0 Å². The number of halogens is 3. The maximum absolute atomic E-state index is 14.8. The van der Waals surface area contributed by atoms with Gasteiger partial charge < -0.3 is 15.0 Å². The summed E-state index contributed by atoms with van der Waals surface area (Å²) in [6.07, 6.45) is 3.90. The van der Waals surface area contributed by atoms with E-state index in [9.17, 15) is 18.0 Å². The molecule has 0 aromatic heterocycles. The summed E-state index contributed by atoms with van der Waals surface area (Å²) >= 11 is 19.0. The third-order valence-corrected chi connectivity index (χ3v) is 11.4. The van der Waals surface area contributed by atoms with Crippen molar-refractivity contribution in [1.82, 2.24) is 10.2 Å². The fraction of sp³-hybridized carbons (Fsp3) is 0.297. The minimum atomic E-state index is -4.35. The Balaban J connectivity index is 1.61. The second-order valence-electron chi connectivity index (χ2n) is 12.1. The monoisotopic (exact) mass is 741 g/mol. The minimum Gasteiger partial charge on any atom is -0.495 e. The van der Waals surface area contributed by atoms with Gasteiger partial charge in [0.05, 0.1) is 27.7 Å². The molecule has 49 heavy (non-hydrogen) atoms. The molecular formula is C37H38Cl3N3O5S. The highest BCUT2D eigenvalue weighted by molar-refractivity contribution is 7.92. The van der Waals surface area contributed by atoms with Gasteiger partial charge in [-0.15, -0.1) is 0 Å². The fourth-order valence-corrected chi connectivity index (χ4v) is 7.87. The largest absolute Gasteiger partial charge is 0.495 e. The average molecular weight is 743 g/mol. The molecule has 2 amide bonds. The van der Waals surface area contributed by atoms with Crippen LogP contribution < -0.4 is 14.4 Å². The van der Waals surface area contributed by atoms with E-state index in [1.807, 2.05) is 37.3 Å². The number of amides is 2. The number of aryl methyl sites for hydroxylation is 1. The van der Waals surface area contributed by atoms with Gasteiger partial charge in [-0.3, -0.25) is 13.9 Å². The summed E-state index contributed by atoms with van der Waals surface area (Å²) in [7, 11) is -2.94. The van der Waals surface area contributed by atoms with Crippen molar-refractivity contribution in [3.8, 4) is 5.75 Å². The Morgan fingerprint density at radius 3 is 2.22 bits per heavy atom. The number of nitrogens with one attached hydrogen (secondary N) is 1. The number of rotatable bonds is 13. The van der Waals surface area contributed by atoms with Crippen molar-refractivity contribution in [3.63, 3.8) is 0 Å². The Morgan fingerprint density at radius 1 is 0.878 bits per heavy atom. The van der Waals surface area contributed by atoms with E-state index in [1.54, 1.807) is 42.5 Å². The fourth-order valence-electron chi connectivity index (χ4n) is 5.96. The van der Waals surface area contributed by atoms with Gasteiger partial charge in [0.2, 0.25) is 11.8 Å². The van der Waals surface area contributed by atoms with E-state index in [2.05, 4.69) is 5.32 Å². The molecule has 1 fully saturated rings. The van der Waals surface area contributed by atoms with Gasteiger partial charge in [0.15, 0.2) is 0 Å². The molecule has 5 rings (SSSR count). The van der Waals surface area contributed by atoms with Crippen LogP contribution in [0.2, 0.25) is 15.1 Å². The average Bonchev–Trinajstić information content (AvgIpc) is 3.60. The Bertz CT molecular complexity index is 1890. The molecule has 1 aliphatic rings. The molecule has 258 valence electrons. The van der Waals surface area contributed by atoms with E-state index in [1.165, 1.54) is 30.2 Å². The van der Waals surface area contributed by atoms with E-state index in [0.29, 0.717) is 10.6 Å². The number of carbonyl (C=O) groups excluding carboxylic acids is 2. The maximum atomic E-state index is 14.8. The Hall–Kier alpha value is -3.76. The Labute approximate surface area is 303 Å². The highest BCUT2D eigenvalue weighted by Gasteiger charge is 2.36. The van der Waals surface area contributed by atoms with Crippen LogP contribution in [0.5, 0.6) is 5.75 Å². The van der Waals surface area contributed by atoms with E-state index >= 15 is 0 Å². The molecule has 1 N–H and O–H groups in total. The molecule has 0 saturated heterocycles. The van der Waals surface area contributed by atoms with Gasteiger partial charge in [-0.2, -0.15) is 0 Å². The highest BCUT2D eigenvalue weighted by Crippen LogP contribution is 2.35. The predicted octanol–water partition coefficient (Wildman–Crippen LogP) is 7.86. The van der Waals surface area contributed by atoms with Crippen molar-refractivity contribution >= 4 is 62.3 Å². The number of hydrogen-bond acceptors (Lipinski definition) is 5. The first-order valence-corrected chi connectivity index (χ1v) is 18.5. The van der Waals surface area contributed by atoms with Crippen LogP contribution in [0.3, 0.4) is 0 Å². The van der Waals surface area contributed by atoms with E-state index in [-0.39, 0.29) is 51.3 Å². The van der Waals surface area contributed by atoms with Crippen molar-refractivity contribution in [1.29, 1.82) is 0 Å². The first-order chi connectivity index (χ1) is 23.5. The third-order valence-electron chi connectivity index (χ3n) is 8.61. The van der Waals surface area contributed by atoms with Crippen LogP contribution in [0.25, 0.3) is 0 Å². The number of ether oxygens (including phenoxy) is 1. The van der Waals surface area contributed by atoms with Crippen LogP contribution in [-0.2, 0) is 32.6 Å². The molecule has 1 unspecified atom stereocenters. The molecule has 4 aromatic rings. The second kappa shape index (κ2) is 16.3. The smallest absolute Gasteiger partial charge is 0.264 e. The van der Waals surface area contributed by atoms with Crippen LogP contribution in [0.4, 0.5) is 5.69 Å². The first-order valence-electron chi connectivity index (χ1n) is 16.0. The van der Waals surface area contributed by atoms with Crippen LogP contribution >= 0.6 is 34.8 Å². The van der Waals surface area contributed by atoms with Crippen molar-refractivity contribution in [3.05, 3.63) is 123 Å². The zero-order valence-corrected chi connectivity index (χ0v) is 30.3. The van der Waals surface area contributed by atoms with Crippen LogP contribution in [0, 0.1) is 6.92 Å². The molecule has 0 radical (unpaired) electrons. The summed E-state index contributed by atoms with van der Waals surface area (Å²) in [5.41, 5.74) is 2.39. The lowest BCUT2D eigenvalue weighted by Gasteiger charge is -2.34. The maximum Gasteiger partial charge on any atom is 0.264 e. The zero-order chi connectivity index (χ0) is 35.1. The molecule has 1 aliphatic carbocycles. The Morgan fingerprint density at radius 2 is 1.57 bits per heavy atom. The van der Waals surface area contributed by atoms with E-state index in [0.717, 1.165) is 41.1 Å². The first kappa shape index (κ1) is 36.5. The zero-order valence-electron chi connectivity index (χ0n) is 27.2. The van der Waals surface area contributed by atoms with Crippen molar-refractivity contribution < 1.29 is 22.7 Å². The topological polar surface area (TPSA) is 96.0 Å². The highest BCUT2D eigenvalue weighted by atomic mass is 35.5. The van der Waals surface area contributed by atoms with Crippen LogP contribution in [0.15, 0.2) is 95.9 Å². The SMILES string of the molecule is COc1ccc(Cl)cc1N(CC(=O)N(Cc1ccc(Cl)c(Cl)c1)C(Cc1ccccc1)C(=O)NC1CCCC1)S(=O)(=O)c1ccc(C)cc1. The van der Waals surface area contributed by atoms with Gasteiger partial charge >= 0.3 is 0 Å². The summed E-state index contributed by atoms with van der Waals surface area (Å²) in [5, 5.41) is 4.04. The number of anilines is 1. The molecule has 12 heteroatoms. The lowest BCUT2D eigenvalue weighted by Crippen LogP contribution is -2.54. The number of carbonyl (C=O) groups is 2. The summed E-state index contributed by atoms with van der Waals surface area (Å²) in [5.74, 6) is -0.743. The second-order valence-corrected chi connectivity index (χ2v) is 15.2. The van der Waals surface area contributed by atoms with Gasteiger partial charge in [-0.05, 0) is 73.4 Å². The third kappa shape index (κ3) is 9.08. The molecular weight excluding hydrogens is 705 g/mol. The van der Waals surface area contributed by atoms with Gasteiger partial charge in [-0.1, -0.05) is 102 Å². The van der Waals surface area contributed by atoms with Gasteiger partial charge in [0.25, 0.3) is 10.0 Å². The Kier molecular flexibility index (Phi) is 12.1. The van der Waals surface area contributed by atoms with Crippen molar-refractivity contribution in [2.45, 2.75) is 62.6 Å². The molecule has 1 atom stereocenters. The van der Waals surface area contributed by atoms with E-state index in [4.69, 9.17) is 39.5 Å². The summed E-state index contributed by atoms with van der Waals surface area (Å²) in [6, 6.07) is 24.3. The normalized spacial score (nSPS) is 13.9. The molecule has 0 heterocycles.